The summed E-state index contributed by atoms with van der Waals surface area (Å²) in [4.78, 5) is 0. The first-order chi connectivity index (χ1) is 5.72. The van der Waals surface area contributed by atoms with Crippen LogP contribution in [0.3, 0.4) is 0 Å². The van der Waals surface area contributed by atoms with Crippen LogP contribution in [0.5, 0.6) is 0 Å². The molecule has 12 heavy (non-hydrogen) atoms. The van der Waals surface area contributed by atoms with Crippen LogP contribution in [0, 0.1) is 0 Å². The van der Waals surface area contributed by atoms with Crippen molar-refractivity contribution >= 4 is 11.6 Å². The van der Waals surface area contributed by atoms with E-state index in [1.54, 1.807) is 12.2 Å². The highest BCUT2D eigenvalue weighted by molar-refractivity contribution is 6.31. The summed E-state index contributed by atoms with van der Waals surface area (Å²) in [5, 5.41) is 0.667. The number of rotatable bonds is 2. The van der Waals surface area contributed by atoms with Crippen molar-refractivity contribution in [1.82, 2.24) is 0 Å². The highest BCUT2D eigenvalue weighted by Crippen LogP contribution is 2.09. The van der Waals surface area contributed by atoms with E-state index in [1.807, 2.05) is 34.6 Å². The van der Waals surface area contributed by atoms with Gasteiger partial charge in [-0.05, 0) is 12.5 Å². The summed E-state index contributed by atoms with van der Waals surface area (Å²) >= 11 is 5.61. The zero-order valence-corrected chi connectivity index (χ0v) is 9.70. The van der Waals surface area contributed by atoms with Crippen LogP contribution in [0.15, 0.2) is 35.9 Å². The molecule has 0 fully saturated rings. The molecule has 0 heterocycles. The van der Waals surface area contributed by atoms with Crippen molar-refractivity contribution in [1.29, 1.82) is 0 Å². The fourth-order valence-corrected chi connectivity index (χ4v) is 0.336. The Bertz CT molecular complexity index is 116. The van der Waals surface area contributed by atoms with Crippen molar-refractivity contribution in [3.05, 3.63) is 35.9 Å². The molecule has 0 nitrogen and oxygen atoms in total. The molecule has 0 spiro atoms. The molecule has 72 valence electrons. The van der Waals surface area contributed by atoms with E-state index in [9.17, 15) is 0 Å². The molecule has 0 saturated heterocycles. The molecule has 0 aromatic heterocycles. The predicted octanol–water partition coefficient (Wildman–Crippen LogP) is 4.92. The first-order valence-corrected chi connectivity index (χ1v) is 4.71. The Labute approximate surface area is 82.6 Å². The van der Waals surface area contributed by atoms with Gasteiger partial charge in [0.2, 0.25) is 0 Å². The molecule has 1 heteroatoms. The largest absolute Gasteiger partial charge is 0.0987 e. The van der Waals surface area contributed by atoms with Crippen LogP contribution in [0.2, 0.25) is 0 Å². The molecule has 0 aromatic rings. The van der Waals surface area contributed by atoms with Crippen molar-refractivity contribution in [3.8, 4) is 0 Å². The quantitative estimate of drug-likeness (QED) is 0.540. The maximum Gasteiger partial charge on any atom is 0.0429 e. The number of halogens is 1. The maximum absolute atomic E-state index is 5.61. The third-order valence-corrected chi connectivity index (χ3v) is 1.31. The molecular weight excluding hydrogens is 168 g/mol. The van der Waals surface area contributed by atoms with Crippen LogP contribution in [-0.4, -0.2) is 0 Å². The Morgan fingerprint density at radius 2 is 1.33 bits per heavy atom. The average Bonchev–Trinajstić information content (AvgIpc) is 2.21. The smallest absolute Gasteiger partial charge is 0.0429 e. The molecular formula is C11H21Cl. The molecule has 0 unspecified atom stereocenters. The van der Waals surface area contributed by atoms with Gasteiger partial charge in [0.25, 0.3) is 0 Å². The van der Waals surface area contributed by atoms with Gasteiger partial charge in [-0.25, -0.2) is 0 Å². The van der Waals surface area contributed by atoms with Gasteiger partial charge < -0.3 is 0 Å². The SMILES string of the molecule is C=C/C(C)=C(/Cl)C=C.CC.CC. The second kappa shape index (κ2) is 16.9. The second-order valence-corrected chi connectivity index (χ2v) is 1.85. The minimum absolute atomic E-state index is 0.667. The molecule has 0 aliphatic heterocycles. The zero-order chi connectivity index (χ0) is 10.6. The van der Waals surface area contributed by atoms with E-state index < -0.39 is 0 Å². The molecule has 0 aliphatic carbocycles. The molecule has 0 aliphatic rings. The lowest BCUT2D eigenvalue weighted by molar-refractivity contribution is 1.50. The fraction of sp³-hybridized carbons (Fsp3) is 0.455. The highest BCUT2D eigenvalue weighted by atomic mass is 35.5. The molecule has 0 radical (unpaired) electrons. The van der Waals surface area contributed by atoms with Crippen molar-refractivity contribution in [2.24, 2.45) is 0 Å². The number of hydrogen-bond donors (Lipinski definition) is 0. The lowest BCUT2D eigenvalue weighted by Crippen LogP contribution is -1.68. The highest BCUT2D eigenvalue weighted by Gasteiger charge is 1.85. The van der Waals surface area contributed by atoms with Gasteiger partial charge in [-0.3, -0.25) is 0 Å². The molecule has 0 aromatic carbocycles. The molecule has 0 saturated carbocycles. The Morgan fingerprint density at radius 3 is 1.42 bits per heavy atom. The Kier molecular flexibility index (Phi) is 24.7. The van der Waals surface area contributed by atoms with Crippen LogP contribution in [-0.2, 0) is 0 Å². The van der Waals surface area contributed by atoms with E-state index in [0.29, 0.717) is 5.03 Å². The standard InChI is InChI=1S/C7H9Cl.2C2H6/c1-4-6(3)7(8)5-2;2*1-2/h4-5H,1-2H2,3H3;2*1-2H3/b7-6+;;. The first-order valence-electron chi connectivity index (χ1n) is 4.33. The predicted molar refractivity (Wildman–Crippen MR) is 61.6 cm³/mol. The minimum Gasteiger partial charge on any atom is -0.0987 e. The van der Waals surface area contributed by atoms with Crippen LogP contribution in [0.1, 0.15) is 34.6 Å². The summed E-state index contributed by atoms with van der Waals surface area (Å²) in [5.74, 6) is 0. The Morgan fingerprint density at radius 1 is 1.00 bits per heavy atom. The summed E-state index contributed by atoms with van der Waals surface area (Å²) < 4.78 is 0. The topological polar surface area (TPSA) is 0 Å². The maximum atomic E-state index is 5.61. The molecule has 0 bridgehead atoms. The lowest BCUT2D eigenvalue weighted by Gasteiger charge is -1.89. The van der Waals surface area contributed by atoms with E-state index in [1.165, 1.54) is 0 Å². The van der Waals surface area contributed by atoms with Crippen LogP contribution >= 0.6 is 11.6 Å². The van der Waals surface area contributed by atoms with Crippen molar-refractivity contribution < 1.29 is 0 Å². The number of hydrogen-bond acceptors (Lipinski definition) is 0. The summed E-state index contributed by atoms with van der Waals surface area (Å²) in [6.45, 7) is 16.9. The van der Waals surface area contributed by atoms with E-state index in [4.69, 9.17) is 11.6 Å². The summed E-state index contributed by atoms with van der Waals surface area (Å²) in [7, 11) is 0. The second-order valence-electron chi connectivity index (χ2n) is 1.44. The van der Waals surface area contributed by atoms with Crippen molar-refractivity contribution in [3.63, 3.8) is 0 Å². The lowest BCUT2D eigenvalue weighted by atomic mass is 10.3. The van der Waals surface area contributed by atoms with E-state index in [-0.39, 0.29) is 0 Å². The average molecular weight is 189 g/mol. The molecule has 0 atom stereocenters. The van der Waals surface area contributed by atoms with Crippen LogP contribution in [0.25, 0.3) is 0 Å². The summed E-state index contributed by atoms with van der Waals surface area (Å²) in [6, 6.07) is 0. The Hall–Kier alpha value is -0.490. The molecule has 0 N–H and O–H groups in total. The van der Waals surface area contributed by atoms with Crippen molar-refractivity contribution in [2.45, 2.75) is 34.6 Å². The third kappa shape index (κ3) is 12.2. The van der Waals surface area contributed by atoms with Gasteiger partial charge in [0.1, 0.15) is 0 Å². The van der Waals surface area contributed by atoms with E-state index >= 15 is 0 Å². The van der Waals surface area contributed by atoms with E-state index in [0.717, 1.165) is 5.57 Å². The van der Waals surface area contributed by atoms with E-state index in [2.05, 4.69) is 13.2 Å². The third-order valence-electron chi connectivity index (χ3n) is 0.862. The number of allylic oxidation sites excluding steroid dienone is 4. The van der Waals surface area contributed by atoms with Gasteiger partial charge >= 0.3 is 0 Å². The molecule has 0 rings (SSSR count). The fourth-order valence-electron chi connectivity index (χ4n) is 0.258. The van der Waals surface area contributed by atoms with Crippen LogP contribution < -0.4 is 0 Å². The minimum atomic E-state index is 0.667. The van der Waals surface area contributed by atoms with Gasteiger partial charge in [0, 0.05) is 5.03 Å². The zero-order valence-electron chi connectivity index (χ0n) is 8.95. The van der Waals surface area contributed by atoms with Crippen molar-refractivity contribution in [2.75, 3.05) is 0 Å². The summed E-state index contributed by atoms with van der Waals surface area (Å²) in [5.41, 5.74) is 0.960. The van der Waals surface area contributed by atoms with Crippen LogP contribution in [0.4, 0.5) is 0 Å². The Balaban J connectivity index is -0.000000175. The van der Waals surface area contributed by atoms with Gasteiger partial charge in [0.05, 0.1) is 0 Å². The summed E-state index contributed by atoms with van der Waals surface area (Å²) in [6.07, 6.45) is 3.29. The van der Waals surface area contributed by atoms with Gasteiger partial charge in [-0.15, -0.1) is 0 Å². The van der Waals surface area contributed by atoms with Gasteiger partial charge in [-0.2, -0.15) is 0 Å². The molecule has 0 amide bonds. The monoisotopic (exact) mass is 188 g/mol. The normalized spacial score (nSPS) is 9.17. The first kappa shape index (κ1) is 17.6. The van der Waals surface area contributed by atoms with Gasteiger partial charge in [-0.1, -0.05) is 64.6 Å². The van der Waals surface area contributed by atoms with Gasteiger partial charge in [0.15, 0.2) is 0 Å².